The quantitative estimate of drug-likeness (QED) is 0.578. The standard InChI is InChI=1S/C17H24N4O5S2/c1-3-28(25,26)20(2)10-4-9-18-16(23)19-14-7-5-13(6-8-14)11-21-15(22)12-27-17(21)24/h5-8H,3-4,9-12H2,1-2H3,(H2,18,19,23). The average molecular weight is 429 g/mol. The molecule has 1 heterocycles. The van der Waals surface area contributed by atoms with Gasteiger partial charge in [-0.05, 0) is 31.0 Å². The molecular formula is C17H24N4O5S2. The maximum absolute atomic E-state index is 11.9. The molecule has 28 heavy (non-hydrogen) atoms. The lowest BCUT2D eigenvalue weighted by Crippen LogP contribution is -2.34. The van der Waals surface area contributed by atoms with E-state index < -0.39 is 16.1 Å². The Morgan fingerprint density at radius 1 is 1.25 bits per heavy atom. The molecule has 0 aliphatic carbocycles. The minimum atomic E-state index is -3.21. The number of sulfonamides is 1. The van der Waals surface area contributed by atoms with Crippen LogP contribution in [0.5, 0.6) is 0 Å². The molecule has 0 spiro atoms. The van der Waals surface area contributed by atoms with Crippen LogP contribution in [0.1, 0.15) is 18.9 Å². The lowest BCUT2D eigenvalue weighted by Gasteiger charge is -2.16. The van der Waals surface area contributed by atoms with Gasteiger partial charge in [0.2, 0.25) is 15.9 Å². The van der Waals surface area contributed by atoms with Crippen molar-refractivity contribution >= 4 is 44.7 Å². The van der Waals surface area contributed by atoms with Crippen LogP contribution in [0.2, 0.25) is 0 Å². The van der Waals surface area contributed by atoms with Crippen molar-refractivity contribution in [3.63, 3.8) is 0 Å². The molecule has 1 aliphatic rings. The van der Waals surface area contributed by atoms with Crippen molar-refractivity contribution in [2.45, 2.75) is 19.9 Å². The number of hydrogen-bond donors (Lipinski definition) is 2. The molecule has 1 aliphatic heterocycles. The van der Waals surface area contributed by atoms with E-state index in [4.69, 9.17) is 0 Å². The lowest BCUT2D eigenvalue weighted by atomic mass is 10.2. The molecule has 1 aromatic rings. The van der Waals surface area contributed by atoms with Gasteiger partial charge in [-0.3, -0.25) is 14.5 Å². The smallest absolute Gasteiger partial charge is 0.319 e. The molecule has 0 unspecified atom stereocenters. The SMILES string of the molecule is CCS(=O)(=O)N(C)CCCNC(=O)Nc1ccc(CN2C(=O)CSC2=O)cc1. The second kappa shape index (κ2) is 9.89. The molecule has 0 aromatic heterocycles. The normalized spacial score (nSPS) is 14.6. The number of benzene rings is 1. The van der Waals surface area contributed by atoms with E-state index in [0.717, 1.165) is 17.3 Å². The van der Waals surface area contributed by atoms with Gasteiger partial charge in [0.15, 0.2) is 0 Å². The molecule has 0 radical (unpaired) electrons. The number of nitrogens with zero attached hydrogens (tertiary/aromatic N) is 2. The summed E-state index contributed by atoms with van der Waals surface area (Å²) in [7, 11) is -1.69. The van der Waals surface area contributed by atoms with Crippen molar-refractivity contribution in [2.24, 2.45) is 0 Å². The number of amides is 4. The summed E-state index contributed by atoms with van der Waals surface area (Å²) in [5.74, 6) is 0.0273. The second-order valence-corrected chi connectivity index (χ2v) is 9.48. The minimum absolute atomic E-state index is 0.0479. The molecule has 0 saturated carbocycles. The summed E-state index contributed by atoms with van der Waals surface area (Å²) < 4.78 is 24.5. The van der Waals surface area contributed by atoms with Crippen LogP contribution in [0.3, 0.4) is 0 Å². The van der Waals surface area contributed by atoms with Gasteiger partial charge in [0.05, 0.1) is 18.1 Å². The van der Waals surface area contributed by atoms with Crippen LogP contribution in [-0.4, -0.2) is 66.4 Å². The summed E-state index contributed by atoms with van der Waals surface area (Å²) in [4.78, 5) is 36.3. The molecule has 0 atom stereocenters. The summed E-state index contributed by atoms with van der Waals surface area (Å²) in [6.07, 6.45) is 0.498. The maximum atomic E-state index is 11.9. The first-order chi connectivity index (χ1) is 13.2. The zero-order chi connectivity index (χ0) is 20.7. The third-order valence-corrected chi connectivity index (χ3v) is 6.89. The van der Waals surface area contributed by atoms with E-state index in [1.165, 1.54) is 16.3 Å². The number of nitrogens with one attached hydrogen (secondary N) is 2. The Labute approximate surface area is 168 Å². The van der Waals surface area contributed by atoms with Crippen LogP contribution in [0.25, 0.3) is 0 Å². The molecule has 1 saturated heterocycles. The van der Waals surface area contributed by atoms with Gasteiger partial charge in [-0.15, -0.1) is 0 Å². The molecule has 0 bridgehead atoms. The van der Waals surface area contributed by atoms with Gasteiger partial charge in [0.1, 0.15) is 0 Å². The fourth-order valence-corrected chi connectivity index (χ4v) is 4.02. The zero-order valence-electron chi connectivity index (χ0n) is 15.8. The first kappa shape index (κ1) is 22.2. The van der Waals surface area contributed by atoms with E-state index in [9.17, 15) is 22.8 Å². The molecule has 154 valence electrons. The van der Waals surface area contributed by atoms with Crippen LogP contribution in [0.4, 0.5) is 15.3 Å². The Balaban J connectivity index is 1.74. The highest BCUT2D eigenvalue weighted by molar-refractivity contribution is 8.14. The van der Waals surface area contributed by atoms with Crippen LogP contribution in [0, 0.1) is 0 Å². The van der Waals surface area contributed by atoms with Gasteiger partial charge in [-0.1, -0.05) is 23.9 Å². The van der Waals surface area contributed by atoms with E-state index in [1.54, 1.807) is 31.2 Å². The monoisotopic (exact) mass is 428 g/mol. The Morgan fingerprint density at radius 2 is 1.93 bits per heavy atom. The van der Waals surface area contributed by atoms with Crippen molar-refractivity contribution in [3.8, 4) is 0 Å². The van der Waals surface area contributed by atoms with Crippen LogP contribution >= 0.6 is 11.8 Å². The van der Waals surface area contributed by atoms with Crippen molar-refractivity contribution in [1.82, 2.24) is 14.5 Å². The lowest BCUT2D eigenvalue weighted by molar-refractivity contribution is -0.125. The van der Waals surface area contributed by atoms with E-state index in [2.05, 4.69) is 10.6 Å². The highest BCUT2D eigenvalue weighted by atomic mass is 32.2. The van der Waals surface area contributed by atoms with Crippen LogP contribution < -0.4 is 10.6 Å². The second-order valence-electron chi connectivity index (χ2n) is 6.19. The minimum Gasteiger partial charge on any atom is -0.338 e. The predicted molar refractivity (Wildman–Crippen MR) is 109 cm³/mol. The van der Waals surface area contributed by atoms with Gasteiger partial charge in [-0.2, -0.15) is 0 Å². The van der Waals surface area contributed by atoms with E-state index >= 15 is 0 Å². The Bertz CT molecular complexity index is 810. The van der Waals surface area contributed by atoms with Crippen molar-refractivity contribution in [3.05, 3.63) is 29.8 Å². The van der Waals surface area contributed by atoms with E-state index in [0.29, 0.717) is 25.2 Å². The first-order valence-corrected chi connectivity index (χ1v) is 11.4. The molecule has 1 aromatic carbocycles. The Morgan fingerprint density at radius 3 is 2.50 bits per heavy atom. The van der Waals surface area contributed by atoms with E-state index in [-0.39, 0.29) is 29.2 Å². The summed E-state index contributed by atoms with van der Waals surface area (Å²) in [6.45, 7) is 2.47. The van der Waals surface area contributed by atoms with Crippen molar-refractivity contribution in [1.29, 1.82) is 0 Å². The van der Waals surface area contributed by atoms with Gasteiger partial charge < -0.3 is 10.6 Å². The fraction of sp³-hybridized carbons (Fsp3) is 0.471. The number of hydrogen-bond acceptors (Lipinski definition) is 6. The Kier molecular flexibility index (Phi) is 7.84. The molecule has 2 rings (SSSR count). The number of urea groups is 1. The van der Waals surface area contributed by atoms with Gasteiger partial charge in [0.25, 0.3) is 5.24 Å². The predicted octanol–water partition coefficient (Wildman–Crippen LogP) is 1.68. The molecule has 11 heteroatoms. The van der Waals surface area contributed by atoms with Crippen LogP contribution in [-0.2, 0) is 21.4 Å². The summed E-state index contributed by atoms with van der Waals surface area (Å²) in [5, 5.41) is 5.10. The average Bonchev–Trinajstić information content (AvgIpc) is 2.98. The van der Waals surface area contributed by atoms with Crippen molar-refractivity contribution < 1.29 is 22.8 Å². The molecule has 4 amide bonds. The maximum Gasteiger partial charge on any atom is 0.319 e. The number of rotatable bonds is 9. The van der Waals surface area contributed by atoms with E-state index in [1.807, 2.05) is 0 Å². The van der Waals surface area contributed by atoms with Gasteiger partial charge in [0, 0.05) is 25.8 Å². The van der Waals surface area contributed by atoms with Gasteiger partial charge >= 0.3 is 6.03 Å². The summed E-state index contributed by atoms with van der Waals surface area (Å²) in [6, 6.07) is 6.46. The van der Waals surface area contributed by atoms with Crippen LogP contribution in [0.15, 0.2) is 24.3 Å². The summed E-state index contributed by atoms with van der Waals surface area (Å²) >= 11 is 0.994. The van der Waals surface area contributed by atoms with Gasteiger partial charge in [-0.25, -0.2) is 17.5 Å². The topological polar surface area (TPSA) is 116 Å². The number of carbonyl (C=O) groups excluding carboxylic acids is 3. The largest absolute Gasteiger partial charge is 0.338 e. The zero-order valence-corrected chi connectivity index (χ0v) is 17.4. The number of anilines is 1. The highest BCUT2D eigenvalue weighted by Gasteiger charge is 2.29. The fourth-order valence-electron chi connectivity index (χ4n) is 2.45. The number of imide groups is 1. The molecular weight excluding hydrogens is 404 g/mol. The first-order valence-electron chi connectivity index (χ1n) is 8.78. The highest BCUT2D eigenvalue weighted by Crippen LogP contribution is 2.21. The molecule has 2 N–H and O–H groups in total. The summed E-state index contributed by atoms with van der Waals surface area (Å²) in [5.41, 5.74) is 1.36. The third kappa shape index (κ3) is 6.21. The number of thioether (sulfide) groups is 1. The Hall–Kier alpha value is -2.11. The van der Waals surface area contributed by atoms with Crippen molar-refractivity contribution in [2.75, 3.05) is 37.0 Å². The third-order valence-electron chi connectivity index (χ3n) is 4.17. The molecule has 1 fully saturated rings. The number of carbonyl (C=O) groups is 3. The molecule has 9 nitrogen and oxygen atoms in total.